The predicted molar refractivity (Wildman–Crippen MR) is 114 cm³/mol. The van der Waals surface area contributed by atoms with Crippen molar-refractivity contribution in [3.8, 4) is 0 Å². The highest BCUT2D eigenvalue weighted by molar-refractivity contribution is 6.03. The number of anilines is 1. The first kappa shape index (κ1) is 19.9. The summed E-state index contributed by atoms with van der Waals surface area (Å²) >= 11 is 0. The smallest absolute Gasteiger partial charge is 0.289 e. The largest absolute Gasteiger partial charge is 0.455 e. The Morgan fingerprint density at radius 1 is 1.13 bits per heavy atom. The Morgan fingerprint density at radius 3 is 2.63 bits per heavy atom. The molecule has 2 N–H and O–H groups in total. The van der Waals surface area contributed by atoms with Crippen LogP contribution in [0.4, 0.5) is 5.82 Å². The minimum absolute atomic E-state index is 0.0592. The second kappa shape index (κ2) is 8.98. The van der Waals surface area contributed by atoms with Gasteiger partial charge in [-0.15, -0.1) is 0 Å². The maximum atomic E-state index is 12.4. The number of carbonyl (C=O) groups is 2. The normalized spacial score (nSPS) is 13.6. The van der Waals surface area contributed by atoms with Crippen LogP contribution in [0.1, 0.15) is 64.2 Å². The number of likely N-dealkylation sites (tertiary alicyclic amines) is 1. The van der Waals surface area contributed by atoms with Gasteiger partial charge in [0.15, 0.2) is 5.76 Å². The standard InChI is InChI=1S/C23H26N4O3/c1-2-5-16-6-8-17(9-7-16)22(28)26-21-15-24-20(25-21)14-18-10-11-19(30-18)23(29)27-12-3-4-13-27/h6-11,15H,2-5,12-14H2,1H3,(H,24,25)(H,26,28). The van der Waals surface area contributed by atoms with Crippen molar-refractivity contribution >= 4 is 17.6 Å². The van der Waals surface area contributed by atoms with Crippen LogP contribution < -0.4 is 5.32 Å². The average molecular weight is 406 g/mol. The van der Waals surface area contributed by atoms with Gasteiger partial charge in [-0.3, -0.25) is 9.59 Å². The summed E-state index contributed by atoms with van der Waals surface area (Å²) in [7, 11) is 0. The van der Waals surface area contributed by atoms with Crippen LogP contribution in [-0.2, 0) is 12.8 Å². The van der Waals surface area contributed by atoms with Crippen LogP contribution in [0, 0.1) is 0 Å². The first-order valence-corrected chi connectivity index (χ1v) is 10.4. The van der Waals surface area contributed by atoms with E-state index < -0.39 is 0 Å². The van der Waals surface area contributed by atoms with E-state index in [2.05, 4.69) is 22.2 Å². The molecule has 1 aromatic carbocycles. The van der Waals surface area contributed by atoms with Gasteiger partial charge in [-0.25, -0.2) is 4.98 Å². The topological polar surface area (TPSA) is 91.2 Å². The lowest BCUT2D eigenvalue weighted by molar-refractivity contribution is 0.0759. The van der Waals surface area contributed by atoms with Crippen molar-refractivity contribution in [2.24, 2.45) is 0 Å². The van der Waals surface area contributed by atoms with E-state index in [-0.39, 0.29) is 11.8 Å². The summed E-state index contributed by atoms with van der Waals surface area (Å²) in [4.78, 5) is 34.0. The summed E-state index contributed by atoms with van der Waals surface area (Å²) in [6.07, 6.45) is 6.16. The number of hydrogen-bond donors (Lipinski definition) is 2. The van der Waals surface area contributed by atoms with Gasteiger partial charge < -0.3 is 19.6 Å². The lowest BCUT2D eigenvalue weighted by atomic mass is 10.1. The maximum absolute atomic E-state index is 12.4. The number of furan rings is 1. The van der Waals surface area contributed by atoms with Crippen molar-refractivity contribution in [3.05, 3.63) is 71.1 Å². The molecule has 7 heteroatoms. The molecule has 1 aliphatic heterocycles. The number of benzene rings is 1. The third-order valence-corrected chi connectivity index (χ3v) is 5.24. The van der Waals surface area contributed by atoms with Crippen molar-refractivity contribution in [3.63, 3.8) is 0 Å². The van der Waals surface area contributed by atoms with Crippen LogP contribution in [0.25, 0.3) is 0 Å². The Morgan fingerprint density at radius 2 is 1.90 bits per heavy atom. The number of aromatic nitrogens is 2. The summed E-state index contributed by atoms with van der Waals surface area (Å²) in [5.41, 5.74) is 1.82. The van der Waals surface area contributed by atoms with Crippen molar-refractivity contribution in [2.75, 3.05) is 18.4 Å². The Labute approximate surface area is 175 Å². The molecule has 30 heavy (non-hydrogen) atoms. The highest BCUT2D eigenvalue weighted by Gasteiger charge is 2.22. The Balaban J connectivity index is 1.35. The SMILES string of the molecule is CCCc1ccc(C(=O)Nc2cnc(Cc3ccc(C(=O)N4CCCC4)o3)[nH]2)cc1. The van der Waals surface area contributed by atoms with Crippen molar-refractivity contribution in [2.45, 2.75) is 39.0 Å². The Hall–Kier alpha value is -3.35. The van der Waals surface area contributed by atoms with Gasteiger partial charge in [-0.2, -0.15) is 0 Å². The van der Waals surface area contributed by atoms with E-state index in [4.69, 9.17) is 4.42 Å². The molecule has 4 rings (SSSR count). The van der Waals surface area contributed by atoms with Gasteiger partial charge in [0.1, 0.15) is 17.4 Å². The molecule has 0 aliphatic carbocycles. The first-order valence-electron chi connectivity index (χ1n) is 10.4. The molecule has 0 radical (unpaired) electrons. The van der Waals surface area contributed by atoms with E-state index >= 15 is 0 Å². The van der Waals surface area contributed by atoms with Gasteiger partial charge in [0.2, 0.25) is 0 Å². The number of nitrogens with zero attached hydrogens (tertiary/aromatic N) is 2. The van der Waals surface area contributed by atoms with Gasteiger partial charge >= 0.3 is 0 Å². The molecule has 1 aliphatic rings. The zero-order valence-corrected chi connectivity index (χ0v) is 17.1. The number of hydrogen-bond acceptors (Lipinski definition) is 4. The van der Waals surface area contributed by atoms with Crippen LogP contribution in [0.2, 0.25) is 0 Å². The Bertz CT molecular complexity index is 1010. The summed E-state index contributed by atoms with van der Waals surface area (Å²) in [6, 6.07) is 11.1. The lowest BCUT2D eigenvalue weighted by Gasteiger charge is -2.12. The van der Waals surface area contributed by atoms with Crippen LogP contribution in [0.5, 0.6) is 0 Å². The van der Waals surface area contributed by atoms with Gasteiger partial charge in [-0.1, -0.05) is 25.5 Å². The summed E-state index contributed by atoms with van der Waals surface area (Å²) in [5, 5.41) is 2.83. The monoisotopic (exact) mass is 406 g/mol. The van der Waals surface area contributed by atoms with Crippen molar-refractivity contribution in [1.82, 2.24) is 14.9 Å². The number of aryl methyl sites for hydroxylation is 1. The van der Waals surface area contributed by atoms with Crippen molar-refractivity contribution in [1.29, 1.82) is 0 Å². The molecule has 0 saturated carbocycles. The highest BCUT2D eigenvalue weighted by atomic mass is 16.4. The minimum atomic E-state index is -0.190. The van der Waals surface area contributed by atoms with Gasteiger partial charge in [0.25, 0.3) is 11.8 Å². The van der Waals surface area contributed by atoms with Crippen LogP contribution in [0.3, 0.4) is 0 Å². The molecular formula is C23H26N4O3. The van der Waals surface area contributed by atoms with Gasteiger partial charge in [-0.05, 0) is 49.1 Å². The fraction of sp³-hybridized carbons (Fsp3) is 0.348. The van der Waals surface area contributed by atoms with E-state index in [0.717, 1.165) is 38.8 Å². The molecule has 0 unspecified atom stereocenters. The molecule has 0 bridgehead atoms. The van der Waals surface area contributed by atoms with E-state index in [1.807, 2.05) is 29.2 Å². The molecule has 2 amide bonds. The number of aromatic amines is 1. The summed E-state index contributed by atoms with van der Waals surface area (Å²) in [5.74, 6) is 1.93. The predicted octanol–water partition coefficient (Wildman–Crippen LogP) is 4.03. The fourth-order valence-electron chi connectivity index (χ4n) is 3.65. The number of H-pyrrole nitrogens is 1. The van der Waals surface area contributed by atoms with E-state index in [0.29, 0.717) is 35.1 Å². The summed E-state index contributed by atoms with van der Waals surface area (Å²) in [6.45, 7) is 3.71. The molecule has 3 heterocycles. The molecule has 1 fully saturated rings. The number of rotatable bonds is 7. The number of carbonyl (C=O) groups excluding carboxylic acids is 2. The highest BCUT2D eigenvalue weighted by Crippen LogP contribution is 2.18. The number of imidazole rings is 1. The van der Waals surface area contributed by atoms with Crippen LogP contribution in [-0.4, -0.2) is 39.8 Å². The quantitative estimate of drug-likeness (QED) is 0.620. The van der Waals surface area contributed by atoms with E-state index in [9.17, 15) is 9.59 Å². The van der Waals surface area contributed by atoms with Crippen LogP contribution >= 0.6 is 0 Å². The molecule has 1 saturated heterocycles. The third kappa shape index (κ3) is 4.62. The molecule has 7 nitrogen and oxygen atoms in total. The second-order valence-corrected chi connectivity index (χ2v) is 7.59. The zero-order chi connectivity index (χ0) is 20.9. The zero-order valence-electron chi connectivity index (χ0n) is 17.1. The molecule has 0 atom stereocenters. The average Bonchev–Trinajstić information content (AvgIpc) is 3.51. The molecule has 2 aromatic heterocycles. The number of nitrogens with one attached hydrogen (secondary N) is 2. The van der Waals surface area contributed by atoms with E-state index in [1.165, 1.54) is 5.56 Å². The maximum Gasteiger partial charge on any atom is 0.289 e. The van der Waals surface area contributed by atoms with Gasteiger partial charge in [0.05, 0.1) is 12.6 Å². The summed E-state index contributed by atoms with van der Waals surface area (Å²) < 4.78 is 5.71. The first-order chi connectivity index (χ1) is 14.6. The Kier molecular flexibility index (Phi) is 5.97. The lowest BCUT2D eigenvalue weighted by Crippen LogP contribution is -2.27. The fourth-order valence-corrected chi connectivity index (χ4v) is 3.65. The minimum Gasteiger partial charge on any atom is -0.455 e. The third-order valence-electron chi connectivity index (χ3n) is 5.24. The molecular weight excluding hydrogens is 380 g/mol. The van der Waals surface area contributed by atoms with Crippen molar-refractivity contribution < 1.29 is 14.0 Å². The molecule has 0 spiro atoms. The second-order valence-electron chi connectivity index (χ2n) is 7.59. The van der Waals surface area contributed by atoms with Gasteiger partial charge in [0, 0.05) is 18.7 Å². The molecule has 156 valence electrons. The number of amides is 2. The van der Waals surface area contributed by atoms with Crippen LogP contribution in [0.15, 0.2) is 47.0 Å². The molecule has 3 aromatic rings. The van der Waals surface area contributed by atoms with E-state index in [1.54, 1.807) is 18.3 Å².